The molecule has 0 saturated carbocycles. The largest absolute Gasteiger partial charge is 0.398 e. The van der Waals surface area contributed by atoms with Gasteiger partial charge in [-0.15, -0.1) is 0 Å². The van der Waals surface area contributed by atoms with E-state index in [1.165, 1.54) is 6.42 Å². The van der Waals surface area contributed by atoms with E-state index in [1.54, 1.807) is 0 Å². The standard InChI is InChI=1S/C15H22N2O/c1-11-12(6-4-7-13(11)16)14(18)17-9-5-8-15(2,3)10-17/h4,6-7H,5,8-10,16H2,1-3H3. The summed E-state index contributed by atoms with van der Waals surface area (Å²) in [6.45, 7) is 8.05. The second-order valence-electron chi connectivity index (χ2n) is 6.01. The lowest BCUT2D eigenvalue weighted by Gasteiger charge is -2.38. The quantitative estimate of drug-likeness (QED) is 0.774. The van der Waals surface area contributed by atoms with Crippen LogP contribution in [0.5, 0.6) is 0 Å². The summed E-state index contributed by atoms with van der Waals surface area (Å²) in [4.78, 5) is 14.5. The third-order valence-corrected chi connectivity index (χ3v) is 3.79. The van der Waals surface area contributed by atoms with Crippen molar-refractivity contribution in [2.75, 3.05) is 18.8 Å². The van der Waals surface area contributed by atoms with Gasteiger partial charge in [0.05, 0.1) is 0 Å². The van der Waals surface area contributed by atoms with E-state index < -0.39 is 0 Å². The summed E-state index contributed by atoms with van der Waals surface area (Å²) in [7, 11) is 0. The van der Waals surface area contributed by atoms with Crippen molar-refractivity contribution >= 4 is 11.6 Å². The first kappa shape index (κ1) is 12.9. The molecule has 1 aromatic rings. The summed E-state index contributed by atoms with van der Waals surface area (Å²) in [5.74, 6) is 0.118. The molecule has 98 valence electrons. The molecule has 1 heterocycles. The number of hydrogen-bond acceptors (Lipinski definition) is 2. The lowest BCUT2D eigenvalue weighted by atomic mass is 9.84. The van der Waals surface area contributed by atoms with Gasteiger partial charge in [0, 0.05) is 24.3 Å². The first-order chi connectivity index (χ1) is 8.41. The molecule has 3 nitrogen and oxygen atoms in total. The maximum Gasteiger partial charge on any atom is 0.254 e. The number of anilines is 1. The van der Waals surface area contributed by atoms with Crippen LogP contribution in [0, 0.1) is 12.3 Å². The second-order valence-corrected chi connectivity index (χ2v) is 6.01. The molecule has 1 aliphatic heterocycles. The summed E-state index contributed by atoms with van der Waals surface area (Å²) in [6.07, 6.45) is 2.27. The molecule has 1 fully saturated rings. The Morgan fingerprint density at radius 2 is 2.11 bits per heavy atom. The molecule has 2 rings (SSSR count). The van der Waals surface area contributed by atoms with Crippen LogP contribution in [0.3, 0.4) is 0 Å². The minimum absolute atomic E-state index is 0.118. The summed E-state index contributed by atoms with van der Waals surface area (Å²) < 4.78 is 0. The highest BCUT2D eigenvalue weighted by molar-refractivity contribution is 5.97. The number of carbonyl (C=O) groups is 1. The Bertz CT molecular complexity index is 466. The lowest BCUT2D eigenvalue weighted by Crippen LogP contribution is -2.43. The molecule has 18 heavy (non-hydrogen) atoms. The maximum absolute atomic E-state index is 12.5. The molecule has 3 heteroatoms. The van der Waals surface area contributed by atoms with Gasteiger partial charge in [-0.3, -0.25) is 4.79 Å². The number of piperidine rings is 1. The third-order valence-electron chi connectivity index (χ3n) is 3.79. The topological polar surface area (TPSA) is 46.3 Å². The Morgan fingerprint density at radius 1 is 1.39 bits per heavy atom. The van der Waals surface area contributed by atoms with E-state index in [0.29, 0.717) is 5.69 Å². The number of nitrogens with zero attached hydrogens (tertiary/aromatic N) is 1. The molecule has 1 amide bonds. The van der Waals surface area contributed by atoms with Crippen molar-refractivity contribution in [3.63, 3.8) is 0 Å². The van der Waals surface area contributed by atoms with Crippen LogP contribution >= 0.6 is 0 Å². The van der Waals surface area contributed by atoms with Gasteiger partial charge in [0.1, 0.15) is 0 Å². The summed E-state index contributed by atoms with van der Waals surface area (Å²) in [6, 6.07) is 5.56. The van der Waals surface area contributed by atoms with Gasteiger partial charge in [0.25, 0.3) is 5.91 Å². The highest BCUT2D eigenvalue weighted by Gasteiger charge is 2.30. The molecule has 0 aromatic heterocycles. The first-order valence-electron chi connectivity index (χ1n) is 6.55. The molecular weight excluding hydrogens is 224 g/mol. The van der Waals surface area contributed by atoms with Crippen molar-refractivity contribution in [2.24, 2.45) is 5.41 Å². The lowest BCUT2D eigenvalue weighted by molar-refractivity contribution is 0.0583. The Hall–Kier alpha value is -1.51. The minimum atomic E-state index is 0.118. The Balaban J connectivity index is 2.23. The Kier molecular flexibility index (Phi) is 3.33. The van der Waals surface area contributed by atoms with Gasteiger partial charge in [0.15, 0.2) is 0 Å². The average molecular weight is 246 g/mol. The number of nitrogen functional groups attached to an aromatic ring is 1. The minimum Gasteiger partial charge on any atom is -0.398 e. The number of rotatable bonds is 1. The molecule has 1 saturated heterocycles. The molecule has 0 radical (unpaired) electrons. The number of likely N-dealkylation sites (tertiary alicyclic amines) is 1. The Morgan fingerprint density at radius 3 is 2.78 bits per heavy atom. The monoisotopic (exact) mass is 246 g/mol. The van der Waals surface area contributed by atoms with Crippen LogP contribution in [0.25, 0.3) is 0 Å². The van der Waals surface area contributed by atoms with E-state index >= 15 is 0 Å². The van der Waals surface area contributed by atoms with Crippen molar-refractivity contribution in [1.29, 1.82) is 0 Å². The molecule has 0 unspecified atom stereocenters. The third kappa shape index (κ3) is 2.50. The van der Waals surface area contributed by atoms with E-state index in [4.69, 9.17) is 5.73 Å². The highest BCUT2D eigenvalue weighted by Crippen LogP contribution is 2.30. The zero-order valence-electron chi connectivity index (χ0n) is 11.5. The van der Waals surface area contributed by atoms with E-state index in [2.05, 4.69) is 13.8 Å². The summed E-state index contributed by atoms with van der Waals surface area (Å²) in [5, 5.41) is 0. The van der Waals surface area contributed by atoms with Crippen molar-refractivity contribution in [2.45, 2.75) is 33.6 Å². The van der Waals surface area contributed by atoms with E-state index in [0.717, 1.165) is 30.6 Å². The average Bonchev–Trinajstić information content (AvgIpc) is 2.30. The summed E-state index contributed by atoms with van der Waals surface area (Å²) in [5.41, 5.74) is 8.42. The molecule has 0 bridgehead atoms. The summed E-state index contributed by atoms with van der Waals surface area (Å²) >= 11 is 0. The van der Waals surface area contributed by atoms with Crippen LogP contribution in [0.15, 0.2) is 18.2 Å². The molecule has 0 atom stereocenters. The van der Waals surface area contributed by atoms with Crippen LogP contribution in [0.1, 0.15) is 42.6 Å². The van der Waals surface area contributed by atoms with Crippen molar-refractivity contribution < 1.29 is 4.79 Å². The fourth-order valence-electron chi connectivity index (χ4n) is 2.65. The number of amides is 1. The number of carbonyl (C=O) groups excluding carboxylic acids is 1. The van der Waals surface area contributed by atoms with Crippen molar-refractivity contribution in [1.82, 2.24) is 4.90 Å². The maximum atomic E-state index is 12.5. The molecular formula is C15H22N2O. The zero-order chi connectivity index (χ0) is 13.3. The smallest absolute Gasteiger partial charge is 0.254 e. The van der Waals surface area contributed by atoms with Gasteiger partial charge in [-0.2, -0.15) is 0 Å². The van der Waals surface area contributed by atoms with Gasteiger partial charge in [-0.1, -0.05) is 19.9 Å². The van der Waals surface area contributed by atoms with Crippen molar-refractivity contribution in [3.8, 4) is 0 Å². The van der Waals surface area contributed by atoms with E-state index in [1.807, 2.05) is 30.0 Å². The fraction of sp³-hybridized carbons (Fsp3) is 0.533. The van der Waals surface area contributed by atoms with Gasteiger partial charge in [-0.05, 0) is 42.9 Å². The van der Waals surface area contributed by atoms with Gasteiger partial charge < -0.3 is 10.6 Å². The van der Waals surface area contributed by atoms with Crippen molar-refractivity contribution in [3.05, 3.63) is 29.3 Å². The van der Waals surface area contributed by atoms with Crippen LogP contribution in [-0.4, -0.2) is 23.9 Å². The number of benzene rings is 1. The number of hydrogen-bond donors (Lipinski definition) is 1. The molecule has 1 aromatic carbocycles. The SMILES string of the molecule is Cc1c(N)cccc1C(=O)N1CCCC(C)(C)C1. The normalized spacial score (nSPS) is 18.7. The van der Waals surface area contributed by atoms with Gasteiger partial charge in [-0.25, -0.2) is 0 Å². The predicted molar refractivity (Wildman–Crippen MR) is 74.5 cm³/mol. The highest BCUT2D eigenvalue weighted by atomic mass is 16.2. The van der Waals surface area contributed by atoms with Crippen LogP contribution < -0.4 is 5.73 Å². The predicted octanol–water partition coefficient (Wildman–Crippen LogP) is 2.84. The molecule has 2 N–H and O–H groups in total. The number of nitrogens with two attached hydrogens (primary N) is 1. The molecule has 0 spiro atoms. The van der Waals surface area contributed by atoms with Gasteiger partial charge in [0.2, 0.25) is 0 Å². The second kappa shape index (κ2) is 4.63. The van der Waals surface area contributed by atoms with E-state index in [-0.39, 0.29) is 11.3 Å². The molecule has 1 aliphatic rings. The fourth-order valence-corrected chi connectivity index (χ4v) is 2.65. The Labute approximate surface area is 109 Å². The van der Waals surface area contributed by atoms with Crippen LogP contribution in [-0.2, 0) is 0 Å². The van der Waals surface area contributed by atoms with Crippen LogP contribution in [0.2, 0.25) is 0 Å². The van der Waals surface area contributed by atoms with Crippen LogP contribution in [0.4, 0.5) is 5.69 Å². The molecule has 0 aliphatic carbocycles. The van der Waals surface area contributed by atoms with E-state index in [9.17, 15) is 4.79 Å². The van der Waals surface area contributed by atoms with Gasteiger partial charge >= 0.3 is 0 Å². The first-order valence-corrected chi connectivity index (χ1v) is 6.55. The zero-order valence-corrected chi connectivity index (χ0v) is 11.5.